The fourth-order valence-electron chi connectivity index (χ4n) is 5.32. The molecule has 1 heterocycles. The summed E-state index contributed by atoms with van der Waals surface area (Å²) in [6, 6.07) is 23.1. The van der Waals surface area contributed by atoms with Crippen LogP contribution in [-0.2, 0) is 34.5 Å². The van der Waals surface area contributed by atoms with Crippen molar-refractivity contribution in [2.24, 2.45) is 0 Å². The third-order valence-corrected chi connectivity index (χ3v) is 11.4. The SMILES string of the molecule is CCS(=O)(=O)Nc1cc(C(=O)N[C@@H](Cc2ccccc2)[C@H](O)CNCc2cn(COCC[Si](C)(C)C)cn2)cc(C(=O)N[C@H](C)c2ccccc2)c1. The largest absolute Gasteiger partial charge is 0.390 e. The topological polar surface area (TPSA) is 164 Å². The smallest absolute Gasteiger partial charge is 0.251 e. The van der Waals surface area contributed by atoms with Gasteiger partial charge in [0.2, 0.25) is 10.0 Å². The number of hydrogen-bond donors (Lipinski definition) is 5. The lowest BCUT2D eigenvalue weighted by Gasteiger charge is -2.25. The van der Waals surface area contributed by atoms with E-state index in [0.29, 0.717) is 26.3 Å². The molecule has 0 aliphatic rings. The molecule has 4 aromatic rings. The maximum Gasteiger partial charge on any atom is 0.251 e. The first-order valence-electron chi connectivity index (χ1n) is 17.5. The van der Waals surface area contributed by atoms with Crippen LogP contribution in [0.5, 0.6) is 0 Å². The van der Waals surface area contributed by atoms with Crippen LogP contribution in [0.2, 0.25) is 25.7 Å². The lowest BCUT2D eigenvalue weighted by Crippen LogP contribution is -2.48. The van der Waals surface area contributed by atoms with Crippen LogP contribution in [0.1, 0.15) is 57.4 Å². The maximum atomic E-state index is 13.8. The van der Waals surface area contributed by atoms with Gasteiger partial charge < -0.3 is 30.4 Å². The second-order valence-corrected chi connectivity index (χ2v) is 21.7. The monoisotopic (exact) mass is 748 g/mol. The number of carbonyl (C=O) groups is 2. The first-order valence-corrected chi connectivity index (χ1v) is 22.9. The second kappa shape index (κ2) is 18.9. The van der Waals surface area contributed by atoms with E-state index in [0.717, 1.165) is 22.9 Å². The van der Waals surface area contributed by atoms with Gasteiger partial charge in [0.05, 0.1) is 41.6 Å². The van der Waals surface area contributed by atoms with E-state index in [1.807, 2.05) is 78.4 Å². The zero-order valence-electron chi connectivity index (χ0n) is 30.6. The van der Waals surface area contributed by atoms with Gasteiger partial charge in [0, 0.05) is 45.1 Å². The molecule has 0 aliphatic carbocycles. The van der Waals surface area contributed by atoms with Crippen molar-refractivity contribution >= 4 is 35.6 Å². The van der Waals surface area contributed by atoms with Crippen LogP contribution in [0, 0.1) is 0 Å². The predicted octanol–water partition coefficient (Wildman–Crippen LogP) is 4.94. The number of rotatable bonds is 20. The second-order valence-electron chi connectivity index (χ2n) is 14.1. The van der Waals surface area contributed by atoms with Gasteiger partial charge >= 0.3 is 0 Å². The van der Waals surface area contributed by atoms with E-state index in [2.05, 4.69) is 45.3 Å². The first kappa shape index (κ1) is 40.4. The number of anilines is 1. The van der Waals surface area contributed by atoms with Crippen LogP contribution in [0.15, 0.2) is 91.4 Å². The Morgan fingerprint density at radius 2 is 1.58 bits per heavy atom. The van der Waals surface area contributed by atoms with E-state index in [9.17, 15) is 23.1 Å². The van der Waals surface area contributed by atoms with Crippen LogP contribution >= 0.6 is 0 Å². The number of ether oxygens (including phenoxy) is 1. The van der Waals surface area contributed by atoms with Crippen molar-refractivity contribution in [3.05, 3.63) is 119 Å². The predicted molar refractivity (Wildman–Crippen MR) is 207 cm³/mol. The molecule has 0 bridgehead atoms. The molecule has 12 nitrogen and oxygen atoms in total. The Hall–Kier alpha value is -4.34. The minimum atomic E-state index is -3.72. The number of hydrogen-bond acceptors (Lipinski definition) is 8. The molecule has 1 aromatic heterocycles. The van der Waals surface area contributed by atoms with Crippen molar-refractivity contribution in [3.63, 3.8) is 0 Å². The Bertz CT molecular complexity index is 1850. The van der Waals surface area contributed by atoms with Gasteiger partial charge in [-0.15, -0.1) is 0 Å². The quantitative estimate of drug-likeness (QED) is 0.0627. The Morgan fingerprint density at radius 3 is 2.21 bits per heavy atom. The van der Waals surface area contributed by atoms with Gasteiger partial charge in [0.15, 0.2) is 0 Å². The minimum Gasteiger partial charge on any atom is -0.390 e. The van der Waals surface area contributed by atoms with Gasteiger partial charge in [-0.05, 0) is 55.6 Å². The van der Waals surface area contributed by atoms with Gasteiger partial charge in [0.1, 0.15) is 6.73 Å². The molecule has 5 N–H and O–H groups in total. The van der Waals surface area contributed by atoms with Crippen molar-refractivity contribution in [3.8, 4) is 0 Å². The normalized spacial score (nSPS) is 13.6. The van der Waals surface area contributed by atoms with Crippen molar-refractivity contribution in [2.75, 3.05) is 23.6 Å². The molecule has 2 amide bonds. The number of nitrogens with one attached hydrogen (secondary N) is 4. The molecule has 0 spiro atoms. The molecule has 3 atom stereocenters. The van der Waals surface area contributed by atoms with Crippen molar-refractivity contribution in [2.45, 2.75) is 77.4 Å². The molecule has 0 saturated heterocycles. The van der Waals surface area contributed by atoms with Gasteiger partial charge in [-0.3, -0.25) is 14.3 Å². The summed E-state index contributed by atoms with van der Waals surface area (Å²) in [7, 11) is -4.89. The van der Waals surface area contributed by atoms with Gasteiger partial charge in [-0.25, -0.2) is 13.4 Å². The summed E-state index contributed by atoms with van der Waals surface area (Å²) in [6.07, 6.45) is 2.92. The van der Waals surface area contributed by atoms with E-state index < -0.39 is 42.1 Å². The van der Waals surface area contributed by atoms with Crippen LogP contribution in [0.3, 0.4) is 0 Å². The van der Waals surface area contributed by atoms with Gasteiger partial charge in [-0.1, -0.05) is 80.3 Å². The van der Waals surface area contributed by atoms with Crippen molar-refractivity contribution < 1.29 is 27.9 Å². The number of sulfonamides is 1. The third-order valence-electron chi connectivity index (χ3n) is 8.42. The Morgan fingerprint density at radius 1 is 0.942 bits per heavy atom. The Balaban J connectivity index is 1.47. The molecule has 280 valence electrons. The fraction of sp³-hybridized carbons (Fsp3) is 0.395. The average Bonchev–Trinajstić information content (AvgIpc) is 3.57. The number of nitrogens with zero attached hydrogens (tertiary/aromatic N) is 2. The molecule has 0 fully saturated rings. The molecular weight excluding hydrogens is 697 g/mol. The molecule has 3 aromatic carbocycles. The first-order chi connectivity index (χ1) is 24.7. The standard InChI is InChI=1S/C38H52N6O6SSi/c1-6-51(48,49)43-33-21-31(37(46)41-28(2)30-15-11-8-12-16-30)20-32(22-33)38(47)42-35(19-29-13-9-7-10-14-29)36(45)24-39-23-34-25-44(26-40-34)27-50-17-18-52(3,4)5/h7-16,20-22,25-26,28,35-36,39,43,45H,6,17-19,23-24,27H2,1-5H3,(H,41,46)(H,42,47)/t28-,35+,36-/m1/s1. The zero-order valence-corrected chi connectivity index (χ0v) is 32.4. The highest BCUT2D eigenvalue weighted by Crippen LogP contribution is 2.20. The molecule has 52 heavy (non-hydrogen) atoms. The van der Waals surface area contributed by atoms with E-state index in [4.69, 9.17) is 4.74 Å². The van der Waals surface area contributed by atoms with E-state index in [1.54, 1.807) is 6.33 Å². The molecule has 0 saturated carbocycles. The Kier molecular flexibility index (Phi) is 14.7. The van der Waals surface area contributed by atoms with Crippen LogP contribution in [0.25, 0.3) is 0 Å². The summed E-state index contributed by atoms with van der Waals surface area (Å²) in [5.74, 6) is -1.25. The number of aliphatic hydroxyl groups is 1. The lowest BCUT2D eigenvalue weighted by molar-refractivity contribution is 0.0829. The molecule has 0 radical (unpaired) electrons. The summed E-state index contributed by atoms with van der Waals surface area (Å²) in [5.41, 5.74) is 2.81. The molecule has 14 heteroatoms. The summed E-state index contributed by atoms with van der Waals surface area (Å²) >= 11 is 0. The maximum absolute atomic E-state index is 13.8. The van der Waals surface area contributed by atoms with E-state index in [-0.39, 0.29) is 35.2 Å². The summed E-state index contributed by atoms with van der Waals surface area (Å²) < 4.78 is 35.1. The van der Waals surface area contributed by atoms with Crippen LogP contribution < -0.4 is 20.7 Å². The van der Waals surface area contributed by atoms with Crippen LogP contribution in [-0.4, -0.2) is 74.0 Å². The van der Waals surface area contributed by atoms with E-state index >= 15 is 0 Å². The summed E-state index contributed by atoms with van der Waals surface area (Å²) in [6.45, 7) is 11.9. The van der Waals surface area contributed by atoms with Crippen molar-refractivity contribution in [1.29, 1.82) is 0 Å². The number of imidazole rings is 1. The highest BCUT2D eigenvalue weighted by Gasteiger charge is 2.24. The third kappa shape index (κ3) is 13.3. The molecule has 0 aliphatic heterocycles. The highest BCUT2D eigenvalue weighted by molar-refractivity contribution is 7.92. The zero-order chi connectivity index (χ0) is 37.7. The highest BCUT2D eigenvalue weighted by atomic mass is 32.2. The number of aliphatic hydroxyl groups excluding tert-OH is 1. The van der Waals surface area contributed by atoms with Crippen molar-refractivity contribution in [1.82, 2.24) is 25.5 Å². The number of amides is 2. The minimum absolute atomic E-state index is 0.0599. The molecule has 4 rings (SSSR count). The lowest BCUT2D eigenvalue weighted by atomic mass is 10.00. The summed E-state index contributed by atoms with van der Waals surface area (Å²) in [5, 5.41) is 20.5. The molecule has 0 unspecified atom stereocenters. The van der Waals surface area contributed by atoms with E-state index in [1.165, 1.54) is 25.1 Å². The van der Waals surface area contributed by atoms with Gasteiger partial charge in [0.25, 0.3) is 11.8 Å². The Labute approximate surface area is 308 Å². The summed E-state index contributed by atoms with van der Waals surface area (Å²) in [4.78, 5) is 31.7. The molecular formula is C38H52N6O6SSi. The fourth-order valence-corrected chi connectivity index (χ4v) is 6.69. The van der Waals surface area contributed by atoms with Gasteiger partial charge in [-0.2, -0.15) is 0 Å². The number of benzene rings is 3. The van der Waals surface area contributed by atoms with Crippen LogP contribution in [0.4, 0.5) is 5.69 Å². The average molecular weight is 749 g/mol. The number of aromatic nitrogens is 2. The number of carbonyl (C=O) groups excluding carboxylic acids is 2.